The summed E-state index contributed by atoms with van der Waals surface area (Å²) in [6.07, 6.45) is 1.54. The number of benzene rings is 2. The summed E-state index contributed by atoms with van der Waals surface area (Å²) in [4.78, 5) is 40.9. The van der Waals surface area contributed by atoms with Crippen LogP contribution < -0.4 is 9.80 Å². The zero-order chi connectivity index (χ0) is 30.2. The lowest BCUT2D eigenvalue weighted by Gasteiger charge is -2.37. The molecule has 3 heterocycles. The minimum atomic E-state index is -0.261. The number of esters is 1. The Kier molecular flexibility index (Phi) is 10.5. The molecule has 2 aliphatic heterocycles. The summed E-state index contributed by atoms with van der Waals surface area (Å²) in [5.41, 5.74) is 3.08. The van der Waals surface area contributed by atoms with Crippen LogP contribution in [0.2, 0.25) is 0 Å². The number of methoxy groups -OCH3 is 1. The van der Waals surface area contributed by atoms with E-state index in [-0.39, 0.29) is 23.6 Å². The zero-order valence-electron chi connectivity index (χ0n) is 24.7. The molecule has 0 bridgehead atoms. The molecule has 2 fully saturated rings. The first-order chi connectivity index (χ1) is 20.9. The first-order valence-corrected chi connectivity index (χ1v) is 15.7. The van der Waals surface area contributed by atoms with Gasteiger partial charge in [-0.3, -0.25) is 9.59 Å². The second kappa shape index (κ2) is 14.7. The Hall–Kier alpha value is -3.70. The molecule has 3 aromatic rings. The van der Waals surface area contributed by atoms with Crippen molar-refractivity contribution in [1.29, 1.82) is 0 Å². The van der Waals surface area contributed by atoms with E-state index in [1.807, 2.05) is 42.5 Å². The molecule has 0 saturated carbocycles. The van der Waals surface area contributed by atoms with Crippen LogP contribution in [0.3, 0.4) is 0 Å². The number of ether oxygens (including phenoxy) is 2. The summed E-state index contributed by atoms with van der Waals surface area (Å²) >= 11 is 1.53. The number of halogens is 1. The number of carbonyl (C=O) groups is 2. The third kappa shape index (κ3) is 7.83. The van der Waals surface area contributed by atoms with Crippen LogP contribution in [0.25, 0.3) is 0 Å². The van der Waals surface area contributed by atoms with Gasteiger partial charge in [0.15, 0.2) is 5.16 Å². The molecule has 5 rings (SSSR count). The van der Waals surface area contributed by atoms with Crippen molar-refractivity contribution in [3.63, 3.8) is 0 Å². The number of likely N-dealkylation sites (tertiary alicyclic amines) is 1. The summed E-state index contributed by atoms with van der Waals surface area (Å²) in [5, 5.41) is 0.652. The summed E-state index contributed by atoms with van der Waals surface area (Å²) < 4.78 is 24.8. The number of piperidine rings is 1. The van der Waals surface area contributed by atoms with Gasteiger partial charge in [-0.25, -0.2) is 14.4 Å². The third-order valence-electron chi connectivity index (χ3n) is 7.73. The zero-order valence-corrected chi connectivity index (χ0v) is 25.5. The third-order valence-corrected chi connectivity index (χ3v) is 8.65. The van der Waals surface area contributed by atoms with Crippen molar-refractivity contribution in [3.8, 4) is 0 Å². The van der Waals surface area contributed by atoms with Crippen molar-refractivity contribution in [1.82, 2.24) is 14.9 Å². The van der Waals surface area contributed by atoms with E-state index >= 15 is 0 Å². The lowest BCUT2D eigenvalue weighted by molar-refractivity contribution is -0.149. The van der Waals surface area contributed by atoms with Crippen LogP contribution in [0.1, 0.15) is 41.4 Å². The van der Waals surface area contributed by atoms with Gasteiger partial charge in [-0.1, -0.05) is 36.0 Å². The average molecular weight is 608 g/mol. The number of carbonyl (C=O) groups excluding carboxylic acids is 2. The van der Waals surface area contributed by atoms with Crippen molar-refractivity contribution in [3.05, 3.63) is 77.2 Å². The maximum absolute atomic E-state index is 14.3. The van der Waals surface area contributed by atoms with Crippen LogP contribution in [-0.4, -0.2) is 79.7 Å². The number of aromatic nitrogens is 2. The lowest BCUT2D eigenvalue weighted by atomic mass is 9.97. The Morgan fingerprint density at radius 2 is 1.74 bits per heavy atom. The fourth-order valence-electron chi connectivity index (χ4n) is 5.48. The van der Waals surface area contributed by atoms with Crippen LogP contribution in [-0.2, 0) is 26.6 Å². The molecule has 0 unspecified atom stereocenters. The van der Waals surface area contributed by atoms with E-state index < -0.39 is 0 Å². The van der Waals surface area contributed by atoms with Gasteiger partial charge in [-0.2, -0.15) is 0 Å². The molecule has 43 heavy (non-hydrogen) atoms. The second-order valence-corrected chi connectivity index (χ2v) is 11.6. The molecule has 0 radical (unpaired) electrons. The van der Waals surface area contributed by atoms with Gasteiger partial charge in [-0.05, 0) is 49.6 Å². The Balaban J connectivity index is 1.19. The van der Waals surface area contributed by atoms with Crippen LogP contribution >= 0.6 is 11.8 Å². The largest absolute Gasteiger partial charge is 0.466 e. The molecular weight excluding hydrogens is 569 g/mol. The van der Waals surface area contributed by atoms with Crippen molar-refractivity contribution < 1.29 is 23.5 Å². The maximum Gasteiger partial charge on any atom is 0.310 e. The first kappa shape index (κ1) is 30.7. The molecule has 11 heteroatoms. The highest BCUT2D eigenvalue weighted by molar-refractivity contribution is 7.98. The molecule has 2 saturated heterocycles. The van der Waals surface area contributed by atoms with Gasteiger partial charge in [0.1, 0.15) is 11.6 Å². The minimum absolute atomic E-state index is 0.0662. The number of piperazine rings is 1. The van der Waals surface area contributed by atoms with Gasteiger partial charge >= 0.3 is 5.97 Å². The molecule has 0 spiro atoms. The first-order valence-electron chi connectivity index (χ1n) is 14.7. The van der Waals surface area contributed by atoms with Gasteiger partial charge in [-0.15, -0.1) is 0 Å². The predicted molar refractivity (Wildman–Crippen MR) is 165 cm³/mol. The Bertz CT molecular complexity index is 1400. The van der Waals surface area contributed by atoms with Crippen LogP contribution in [0.5, 0.6) is 0 Å². The fourth-order valence-corrected chi connectivity index (χ4v) is 6.31. The number of rotatable bonds is 10. The van der Waals surface area contributed by atoms with Gasteiger partial charge in [0, 0.05) is 63.8 Å². The van der Waals surface area contributed by atoms with Crippen LogP contribution in [0.4, 0.5) is 15.9 Å². The number of hydrogen-bond acceptors (Lipinski definition) is 9. The molecule has 0 aliphatic carbocycles. The quantitative estimate of drug-likeness (QED) is 0.183. The molecule has 2 aliphatic rings. The van der Waals surface area contributed by atoms with E-state index in [2.05, 4.69) is 9.80 Å². The molecule has 1 amide bonds. The van der Waals surface area contributed by atoms with Gasteiger partial charge < -0.3 is 24.2 Å². The molecule has 1 aromatic heterocycles. The maximum atomic E-state index is 14.3. The molecule has 1 atom stereocenters. The van der Waals surface area contributed by atoms with Crippen molar-refractivity contribution in [2.24, 2.45) is 5.92 Å². The SMILES string of the molecule is CCOC(=O)[C@@H]1CCCN(C(=O)c2ccc(CSc3nc(COC)cc(N4CCN(c5ccccc5F)CC4)n3)cc2)C1. The molecule has 2 aromatic carbocycles. The van der Waals surface area contributed by atoms with Crippen LogP contribution in [0.15, 0.2) is 59.8 Å². The van der Waals surface area contributed by atoms with E-state index in [1.165, 1.54) is 17.8 Å². The summed E-state index contributed by atoms with van der Waals surface area (Å²) in [5.74, 6) is 0.718. The van der Waals surface area contributed by atoms with Crippen LogP contribution in [0, 0.1) is 11.7 Å². The molecule has 228 valence electrons. The van der Waals surface area contributed by atoms with E-state index in [0.29, 0.717) is 61.6 Å². The average Bonchev–Trinajstić information content (AvgIpc) is 3.04. The fraction of sp³-hybridized carbons (Fsp3) is 0.438. The van der Waals surface area contributed by atoms with Crippen molar-refractivity contribution in [2.45, 2.75) is 37.3 Å². The smallest absolute Gasteiger partial charge is 0.310 e. The van der Waals surface area contributed by atoms with Gasteiger partial charge in [0.25, 0.3) is 5.91 Å². The minimum Gasteiger partial charge on any atom is -0.466 e. The van der Waals surface area contributed by atoms with E-state index in [1.54, 1.807) is 25.0 Å². The number of anilines is 2. The normalized spacial score (nSPS) is 17.2. The number of thioether (sulfide) groups is 1. The monoisotopic (exact) mass is 607 g/mol. The second-order valence-electron chi connectivity index (χ2n) is 10.7. The molecule has 0 N–H and O–H groups in total. The molecular formula is C32H38FN5O4S. The highest BCUT2D eigenvalue weighted by atomic mass is 32.2. The molecule has 9 nitrogen and oxygen atoms in total. The summed E-state index contributed by atoms with van der Waals surface area (Å²) in [7, 11) is 1.64. The lowest BCUT2D eigenvalue weighted by Crippen LogP contribution is -2.47. The van der Waals surface area contributed by atoms with Gasteiger partial charge in [0.05, 0.1) is 30.5 Å². The standard InChI is InChI=1S/C32H38FN5O4S/c1-3-42-31(40)25-7-6-14-38(20-25)30(39)24-12-10-23(11-13-24)22-43-32-34-26(21-41-2)19-29(35-32)37-17-15-36(16-18-37)28-9-5-4-8-27(28)33/h4-5,8-13,19,25H,3,6-7,14-18,20-22H2,1-2H3/t25-/m1/s1. The Morgan fingerprint density at radius 1 is 1.00 bits per heavy atom. The van der Waals surface area contributed by atoms with Crippen molar-refractivity contribution in [2.75, 3.05) is 62.8 Å². The number of hydrogen-bond donors (Lipinski definition) is 0. The predicted octanol–water partition coefficient (Wildman–Crippen LogP) is 4.80. The number of nitrogens with zero attached hydrogens (tertiary/aromatic N) is 5. The number of para-hydroxylation sites is 1. The highest BCUT2D eigenvalue weighted by Crippen LogP contribution is 2.27. The van der Waals surface area contributed by atoms with E-state index in [0.717, 1.165) is 43.0 Å². The highest BCUT2D eigenvalue weighted by Gasteiger charge is 2.30. The van der Waals surface area contributed by atoms with E-state index in [4.69, 9.17) is 19.4 Å². The Morgan fingerprint density at radius 3 is 2.47 bits per heavy atom. The van der Waals surface area contributed by atoms with Crippen molar-refractivity contribution >= 4 is 35.1 Å². The number of amides is 1. The summed E-state index contributed by atoms with van der Waals surface area (Å²) in [6, 6.07) is 16.4. The summed E-state index contributed by atoms with van der Waals surface area (Å²) in [6.45, 7) is 6.38. The van der Waals surface area contributed by atoms with E-state index in [9.17, 15) is 14.0 Å². The van der Waals surface area contributed by atoms with Gasteiger partial charge in [0.2, 0.25) is 0 Å². The topological polar surface area (TPSA) is 88.1 Å². The Labute approximate surface area is 256 Å².